The molecule has 1 aromatic rings. The van der Waals surface area contributed by atoms with Gasteiger partial charge in [-0.3, -0.25) is 9.69 Å². The summed E-state index contributed by atoms with van der Waals surface area (Å²) in [5.41, 5.74) is 7.92. The highest BCUT2D eigenvalue weighted by molar-refractivity contribution is 5.76. The van der Waals surface area contributed by atoms with E-state index in [0.29, 0.717) is 12.8 Å². The van der Waals surface area contributed by atoms with Crippen LogP contribution in [0.5, 0.6) is 0 Å². The third-order valence-electron chi connectivity index (χ3n) is 5.76. The second-order valence-corrected chi connectivity index (χ2v) is 7.36. The minimum absolute atomic E-state index is 0.126. The average molecular weight is 345 g/mol. The summed E-state index contributed by atoms with van der Waals surface area (Å²) in [7, 11) is 0. The lowest BCUT2D eigenvalue weighted by atomic mass is 9.79. The number of carbonyl (C=O) groups excluding carboxylic acids is 1. The first kappa shape index (κ1) is 18.2. The van der Waals surface area contributed by atoms with Gasteiger partial charge in [0.25, 0.3) is 0 Å². The Kier molecular flexibility index (Phi) is 6.32. The molecule has 0 radical (unpaired) electrons. The van der Waals surface area contributed by atoms with Crippen LogP contribution in [0.15, 0.2) is 24.3 Å². The monoisotopic (exact) mass is 345 g/mol. The number of hydrogen-bond acceptors (Lipinski definition) is 4. The van der Waals surface area contributed by atoms with E-state index >= 15 is 0 Å². The molecule has 3 N–H and O–H groups in total. The Morgan fingerprint density at radius 1 is 1.16 bits per heavy atom. The molecule has 1 heterocycles. The second kappa shape index (κ2) is 8.68. The van der Waals surface area contributed by atoms with E-state index in [0.717, 1.165) is 44.1 Å². The van der Waals surface area contributed by atoms with E-state index in [1.54, 1.807) is 0 Å². The van der Waals surface area contributed by atoms with Crippen molar-refractivity contribution in [1.82, 2.24) is 10.2 Å². The first-order valence-corrected chi connectivity index (χ1v) is 9.62. The minimum atomic E-state index is 0.126. The van der Waals surface area contributed by atoms with Crippen LogP contribution in [-0.4, -0.2) is 49.2 Å². The van der Waals surface area contributed by atoms with Crippen molar-refractivity contribution in [3.05, 3.63) is 29.8 Å². The number of anilines is 1. The van der Waals surface area contributed by atoms with Crippen LogP contribution in [0.3, 0.4) is 0 Å². The Labute approximate surface area is 150 Å². The first-order chi connectivity index (χ1) is 12.2. The van der Waals surface area contributed by atoms with Crippen LogP contribution in [0.25, 0.3) is 0 Å². The Bertz CT molecular complexity index is 564. The Morgan fingerprint density at radius 3 is 2.60 bits per heavy atom. The third-order valence-corrected chi connectivity index (χ3v) is 5.76. The number of nitrogens with two attached hydrogens (primary N) is 1. The molecule has 1 saturated carbocycles. The van der Waals surface area contributed by atoms with Crippen LogP contribution in [0, 0.1) is 0 Å². The molecule has 1 aromatic carbocycles. The molecule has 0 spiro atoms. The van der Waals surface area contributed by atoms with Crippen molar-refractivity contribution in [2.45, 2.75) is 50.5 Å². The van der Waals surface area contributed by atoms with Crippen LogP contribution in [0.1, 0.15) is 44.1 Å². The summed E-state index contributed by atoms with van der Waals surface area (Å²) in [6.45, 7) is 4.34. The summed E-state index contributed by atoms with van der Waals surface area (Å²) >= 11 is 0. The molecule has 138 valence electrons. The lowest BCUT2D eigenvalue weighted by Gasteiger charge is -2.48. The minimum Gasteiger partial charge on any atom is -0.399 e. The highest BCUT2D eigenvalue weighted by Crippen LogP contribution is 2.33. The number of nitrogen functional groups attached to an aromatic ring is 1. The summed E-state index contributed by atoms with van der Waals surface area (Å²) in [5, 5.41) is 3.22. The first-order valence-electron chi connectivity index (χ1n) is 9.62. The Balaban J connectivity index is 1.53. The van der Waals surface area contributed by atoms with Crippen LogP contribution >= 0.6 is 0 Å². The highest BCUT2D eigenvalue weighted by Gasteiger charge is 2.38. The van der Waals surface area contributed by atoms with Gasteiger partial charge in [0, 0.05) is 37.3 Å². The van der Waals surface area contributed by atoms with E-state index in [4.69, 9.17) is 10.5 Å². The van der Waals surface area contributed by atoms with E-state index in [-0.39, 0.29) is 11.4 Å². The number of amides is 1. The molecule has 2 fully saturated rings. The van der Waals surface area contributed by atoms with Gasteiger partial charge in [-0.2, -0.15) is 0 Å². The maximum atomic E-state index is 12.4. The second-order valence-electron chi connectivity index (χ2n) is 7.36. The van der Waals surface area contributed by atoms with E-state index in [2.05, 4.69) is 10.2 Å². The van der Waals surface area contributed by atoms with Gasteiger partial charge in [0.15, 0.2) is 0 Å². The smallest absolute Gasteiger partial charge is 0.220 e. The zero-order valence-electron chi connectivity index (χ0n) is 15.1. The van der Waals surface area contributed by atoms with Gasteiger partial charge in [-0.25, -0.2) is 0 Å². The largest absolute Gasteiger partial charge is 0.399 e. The lowest BCUT2D eigenvalue weighted by molar-refractivity contribution is -0.122. The highest BCUT2D eigenvalue weighted by atomic mass is 16.5. The van der Waals surface area contributed by atoms with Gasteiger partial charge in [0.1, 0.15) is 0 Å². The molecule has 5 nitrogen and oxygen atoms in total. The molecule has 1 saturated heterocycles. The molecule has 25 heavy (non-hydrogen) atoms. The SMILES string of the molecule is Nc1ccccc1CCC(=O)NCC1(N2CCOCC2)CCCCC1. The molecular formula is C20H31N3O2. The Morgan fingerprint density at radius 2 is 1.88 bits per heavy atom. The predicted molar refractivity (Wildman–Crippen MR) is 100 cm³/mol. The van der Waals surface area contributed by atoms with Gasteiger partial charge >= 0.3 is 0 Å². The fraction of sp³-hybridized carbons (Fsp3) is 0.650. The molecule has 2 aliphatic rings. The van der Waals surface area contributed by atoms with Crippen molar-refractivity contribution >= 4 is 11.6 Å². The number of morpholine rings is 1. The maximum absolute atomic E-state index is 12.4. The topological polar surface area (TPSA) is 67.6 Å². The zero-order chi connectivity index (χ0) is 17.5. The quantitative estimate of drug-likeness (QED) is 0.777. The number of benzene rings is 1. The van der Waals surface area contributed by atoms with Crippen molar-refractivity contribution in [1.29, 1.82) is 0 Å². The summed E-state index contributed by atoms with van der Waals surface area (Å²) in [6, 6.07) is 7.79. The normalized spacial score (nSPS) is 21.0. The van der Waals surface area contributed by atoms with Crippen LogP contribution < -0.4 is 11.1 Å². The molecule has 1 aliphatic heterocycles. The Hall–Kier alpha value is -1.59. The molecular weight excluding hydrogens is 314 g/mol. The molecule has 1 aliphatic carbocycles. The fourth-order valence-electron chi connectivity index (χ4n) is 4.21. The van der Waals surface area contributed by atoms with Crippen molar-refractivity contribution in [2.75, 3.05) is 38.6 Å². The van der Waals surface area contributed by atoms with Crippen LogP contribution in [0.2, 0.25) is 0 Å². The number of hydrogen-bond donors (Lipinski definition) is 2. The number of rotatable bonds is 6. The number of nitrogens with one attached hydrogen (secondary N) is 1. The fourth-order valence-corrected chi connectivity index (χ4v) is 4.21. The standard InChI is InChI=1S/C20H31N3O2/c21-18-7-3-2-6-17(18)8-9-19(24)22-16-20(10-4-1-5-11-20)23-12-14-25-15-13-23/h2-3,6-7H,1,4-5,8-16,21H2,(H,22,24). The molecule has 5 heteroatoms. The molecule has 0 unspecified atom stereocenters. The number of ether oxygens (including phenoxy) is 1. The summed E-state index contributed by atoms with van der Waals surface area (Å²) in [4.78, 5) is 15.0. The number of carbonyl (C=O) groups is 1. The van der Waals surface area contributed by atoms with E-state index in [9.17, 15) is 4.79 Å². The zero-order valence-corrected chi connectivity index (χ0v) is 15.1. The van der Waals surface area contributed by atoms with E-state index in [1.807, 2.05) is 24.3 Å². The van der Waals surface area contributed by atoms with Crippen molar-refractivity contribution in [2.24, 2.45) is 0 Å². The van der Waals surface area contributed by atoms with Gasteiger partial charge in [-0.1, -0.05) is 37.5 Å². The van der Waals surface area contributed by atoms with Crippen LogP contribution in [-0.2, 0) is 16.0 Å². The van der Waals surface area contributed by atoms with Gasteiger partial charge < -0.3 is 15.8 Å². The molecule has 0 aromatic heterocycles. The molecule has 0 atom stereocenters. The lowest BCUT2D eigenvalue weighted by Crippen LogP contribution is -2.59. The summed E-state index contributed by atoms with van der Waals surface area (Å²) < 4.78 is 5.52. The third kappa shape index (κ3) is 4.73. The van der Waals surface area contributed by atoms with Crippen molar-refractivity contribution in [3.8, 4) is 0 Å². The number of para-hydroxylation sites is 1. The van der Waals surface area contributed by atoms with E-state index in [1.165, 1.54) is 32.1 Å². The van der Waals surface area contributed by atoms with Crippen molar-refractivity contribution < 1.29 is 9.53 Å². The van der Waals surface area contributed by atoms with E-state index < -0.39 is 0 Å². The maximum Gasteiger partial charge on any atom is 0.220 e. The van der Waals surface area contributed by atoms with Gasteiger partial charge in [0.05, 0.1) is 13.2 Å². The summed E-state index contributed by atoms with van der Waals surface area (Å²) in [5.74, 6) is 0.126. The molecule has 0 bridgehead atoms. The number of aryl methyl sites for hydroxylation is 1. The number of nitrogens with zero attached hydrogens (tertiary/aromatic N) is 1. The van der Waals surface area contributed by atoms with Crippen molar-refractivity contribution in [3.63, 3.8) is 0 Å². The van der Waals surface area contributed by atoms with Gasteiger partial charge in [0.2, 0.25) is 5.91 Å². The molecule has 3 rings (SSSR count). The van der Waals surface area contributed by atoms with Crippen LogP contribution in [0.4, 0.5) is 5.69 Å². The predicted octanol–water partition coefficient (Wildman–Crippen LogP) is 2.35. The average Bonchev–Trinajstić information content (AvgIpc) is 2.67. The molecule has 1 amide bonds. The van der Waals surface area contributed by atoms with Gasteiger partial charge in [-0.05, 0) is 30.9 Å². The summed E-state index contributed by atoms with van der Waals surface area (Å²) in [6.07, 6.45) is 7.38. The van der Waals surface area contributed by atoms with Gasteiger partial charge in [-0.15, -0.1) is 0 Å².